The Bertz CT molecular complexity index is 618. The third-order valence-electron chi connectivity index (χ3n) is 4.26. The predicted molar refractivity (Wildman–Crippen MR) is 94.2 cm³/mol. The molecule has 2 N–H and O–H groups in total. The van der Waals surface area contributed by atoms with Crippen LogP contribution in [-0.4, -0.2) is 47.3 Å². The SMILES string of the molecule is CCC(=O)N1CCCCC1C(=O)NCCNc1ccc([N+](=O)[O-])cc1. The first kappa shape index (κ1) is 18.7. The molecule has 0 spiro atoms. The molecule has 0 aromatic heterocycles. The Morgan fingerprint density at radius 3 is 2.60 bits per heavy atom. The Morgan fingerprint density at radius 2 is 1.96 bits per heavy atom. The van der Waals surface area contributed by atoms with Crippen LogP contribution in [0.3, 0.4) is 0 Å². The maximum Gasteiger partial charge on any atom is 0.269 e. The molecule has 8 nitrogen and oxygen atoms in total. The third-order valence-corrected chi connectivity index (χ3v) is 4.26. The molecule has 1 atom stereocenters. The van der Waals surface area contributed by atoms with Gasteiger partial charge in [-0.05, 0) is 31.4 Å². The van der Waals surface area contributed by atoms with E-state index in [1.54, 1.807) is 24.0 Å². The number of anilines is 1. The minimum atomic E-state index is -0.447. The van der Waals surface area contributed by atoms with Gasteiger partial charge in [-0.15, -0.1) is 0 Å². The zero-order valence-corrected chi connectivity index (χ0v) is 14.4. The molecular formula is C17H24N4O4. The molecule has 25 heavy (non-hydrogen) atoms. The maximum atomic E-state index is 12.4. The molecule has 8 heteroatoms. The van der Waals surface area contributed by atoms with E-state index in [1.807, 2.05) is 0 Å². The molecule has 1 unspecified atom stereocenters. The number of likely N-dealkylation sites (tertiary alicyclic amines) is 1. The van der Waals surface area contributed by atoms with Crippen LogP contribution in [0.25, 0.3) is 0 Å². The van der Waals surface area contributed by atoms with Crippen LogP contribution in [0.2, 0.25) is 0 Å². The van der Waals surface area contributed by atoms with Crippen molar-refractivity contribution in [3.63, 3.8) is 0 Å². The Kier molecular flexibility index (Phi) is 6.73. The molecule has 1 aromatic carbocycles. The van der Waals surface area contributed by atoms with E-state index >= 15 is 0 Å². The van der Waals surface area contributed by atoms with Gasteiger partial charge in [-0.25, -0.2) is 0 Å². The summed E-state index contributed by atoms with van der Waals surface area (Å²) in [6.07, 6.45) is 3.00. The fourth-order valence-electron chi connectivity index (χ4n) is 2.92. The molecule has 2 rings (SSSR count). The molecule has 0 aliphatic carbocycles. The fraction of sp³-hybridized carbons (Fsp3) is 0.529. The highest BCUT2D eigenvalue weighted by Crippen LogP contribution is 2.18. The van der Waals surface area contributed by atoms with Crippen molar-refractivity contribution in [3.8, 4) is 0 Å². The molecular weight excluding hydrogens is 324 g/mol. The molecule has 1 aliphatic rings. The van der Waals surface area contributed by atoms with Crippen molar-refractivity contribution in [1.82, 2.24) is 10.2 Å². The summed E-state index contributed by atoms with van der Waals surface area (Å²) in [6.45, 7) is 3.37. The summed E-state index contributed by atoms with van der Waals surface area (Å²) in [5.41, 5.74) is 0.789. The quantitative estimate of drug-likeness (QED) is 0.445. The summed E-state index contributed by atoms with van der Waals surface area (Å²) in [6, 6.07) is 5.74. The van der Waals surface area contributed by atoms with E-state index < -0.39 is 4.92 Å². The van der Waals surface area contributed by atoms with Crippen LogP contribution in [0.5, 0.6) is 0 Å². The van der Waals surface area contributed by atoms with Crippen molar-refractivity contribution in [2.24, 2.45) is 0 Å². The molecule has 1 fully saturated rings. The van der Waals surface area contributed by atoms with Crippen LogP contribution in [0.1, 0.15) is 32.6 Å². The summed E-state index contributed by atoms with van der Waals surface area (Å²) in [7, 11) is 0. The van der Waals surface area contributed by atoms with E-state index in [4.69, 9.17) is 0 Å². The number of non-ortho nitro benzene ring substituents is 1. The second kappa shape index (κ2) is 9.00. The summed E-state index contributed by atoms with van der Waals surface area (Å²) >= 11 is 0. The molecule has 0 saturated carbocycles. The average Bonchev–Trinajstić information content (AvgIpc) is 2.64. The smallest absolute Gasteiger partial charge is 0.269 e. The van der Waals surface area contributed by atoms with Gasteiger partial charge in [-0.3, -0.25) is 19.7 Å². The lowest BCUT2D eigenvalue weighted by Gasteiger charge is -2.34. The minimum Gasteiger partial charge on any atom is -0.383 e. The van der Waals surface area contributed by atoms with Gasteiger partial charge in [0.15, 0.2) is 0 Å². The fourth-order valence-corrected chi connectivity index (χ4v) is 2.92. The molecule has 1 saturated heterocycles. The number of rotatable bonds is 7. The van der Waals surface area contributed by atoms with E-state index in [0.29, 0.717) is 32.5 Å². The summed E-state index contributed by atoms with van der Waals surface area (Å²) in [4.78, 5) is 36.1. The van der Waals surface area contributed by atoms with Crippen molar-refractivity contribution in [1.29, 1.82) is 0 Å². The molecule has 1 aromatic rings. The summed E-state index contributed by atoms with van der Waals surface area (Å²) in [5, 5.41) is 16.6. The van der Waals surface area contributed by atoms with Crippen LogP contribution >= 0.6 is 0 Å². The Hall–Kier alpha value is -2.64. The molecule has 1 aliphatic heterocycles. The number of nitrogens with one attached hydrogen (secondary N) is 2. The topological polar surface area (TPSA) is 105 Å². The number of benzene rings is 1. The first-order chi connectivity index (χ1) is 12.0. The number of nitro benzene ring substituents is 1. The summed E-state index contributed by atoms with van der Waals surface area (Å²) < 4.78 is 0. The highest BCUT2D eigenvalue weighted by molar-refractivity contribution is 5.87. The highest BCUT2D eigenvalue weighted by Gasteiger charge is 2.30. The van der Waals surface area contributed by atoms with Crippen LogP contribution in [0, 0.1) is 10.1 Å². The molecule has 0 bridgehead atoms. The number of nitro groups is 1. The van der Waals surface area contributed by atoms with Gasteiger partial charge >= 0.3 is 0 Å². The minimum absolute atomic E-state index is 0.0175. The molecule has 2 amide bonds. The van der Waals surface area contributed by atoms with E-state index in [2.05, 4.69) is 10.6 Å². The number of piperidine rings is 1. The normalized spacial score (nSPS) is 17.0. The van der Waals surface area contributed by atoms with Gasteiger partial charge < -0.3 is 15.5 Å². The third kappa shape index (κ3) is 5.17. The van der Waals surface area contributed by atoms with Crippen molar-refractivity contribution in [2.45, 2.75) is 38.6 Å². The monoisotopic (exact) mass is 348 g/mol. The van der Waals surface area contributed by atoms with Crippen LogP contribution in [-0.2, 0) is 9.59 Å². The zero-order valence-electron chi connectivity index (χ0n) is 14.4. The van der Waals surface area contributed by atoms with Crippen molar-refractivity contribution in [3.05, 3.63) is 34.4 Å². The Labute approximate surface area is 146 Å². The summed E-state index contributed by atoms with van der Waals surface area (Å²) in [5.74, 6) is -0.101. The first-order valence-corrected chi connectivity index (χ1v) is 8.58. The van der Waals surface area contributed by atoms with Crippen molar-refractivity contribution in [2.75, 3.05) is 25.0 Å². The van der Waals surface area contributed by atoms with Gasteiger partial charge in [0.25, 0.3) is 5.69 Å². The lowest BCUT2D eigenvalue weighted by Crippen LogP contribution is -2.52. The van der Waals surface area contributed by atoms with E-state index in [1.165, 1.54) is 12.1 Å². The molecule has 136 valence electrons. The standard InChI is InChI=1S/C17H24N4O4/c1-2-16(22)20-12-4-3-5-15(20)17(23)19-11-10-18-13-6-8-14(9-7-13)21(24)25/h6-9,15,18H,2-5,10-12H2,1H3,(H,19,23). The van der Waals surface area contributed by atoms with Gasteiger partial charge in [0.1, 0.15) is 6.04 Å². The number of amides is 2. The molecule has 1 heterocycles. The van der Waals surface area contributed by atoms with Gasteiger partial charge in [-0.1, -0.05) is 6.92 Å². The zero-order chi connectivity index (χ0) is 18.2. The van der Waals surface area contributed by atoms with Gasteiger partial charge in [-0.2, -0.15) is 0 Å². The second-order valence-corrected chi connectivity index (χ2v) is 5.97. The maximum absolute atomic E-state index is 12.4. The van der Waals surface area contributed by atoms with Crippen LogP contribution < -0.4 is 10.6 Å². The van der Waals surface area contributed by atoms with E-state index in [-0.39, 0.29) is 23.5 Å². The highest BCUT2D eigenvalue weighted by atomic mass is 16.6. The molecule has 0 radical (unpaired) electrons. The van der Waals surface area contributed by atoms with Gasteiger partial charge in [0.2, 0.25) is 11.8 Å². The number of carbonyl (C=O) groups is 2. The van der Waals surface area contributed by atoms with E-state index in [0.717, 1.165) is 18.5 Å². The number of hydrogen-bond donors (Lipinski definition) is 2. The average molecular weight is 348 g/mol. The Balaban J connectivity index is 1.77. The lowest BCUT2D eigenvalue weighted by atomic mass is 10.0. The van der Waals surface area contributed by atoms with Crippen LogP contribution in [0.15, 0.2) is 24.3 Å². The van der Waals surface area contributed by atoms with Gasteiger partial charge in [0, 0.05) is 43.9 Å². The van der Waals surface area contributed by atoms with Crippen molar-refractivity contribution >= 4 is 23.2 Å². The number of carbonyl (C=O) groups excluding carboxylic acids is 2. The largest absolute Gasteiger partial charge is 0.383 e. The number of hydrogen-bond acceptors (Lipinski definition) is 5. The number of nitrogens with zero attached hydrogens (tertiary/aromatic N) is 2. The first-order valence-electron chi connectivity index (χ1n) is 8.58. The Morgan fingerprint density at radius 1 is 1.24 bits per heavy atom. The predicted octanol–water partition coefficient (Wildman–Crippen LogP) is 1.91. The van der Waals surface area contributed by atoms with Crippen molar-refractivity contribution < 1.29 is 14.5 Å². The second-order valence-electron chi connectivity index (χ2n) is 5.97. The lowest BCUT2D eigenvalue weighted by molar-refractivity contribution is -0.384. The van der Waals surface area contributed by atoms with Gasteiger partial charge in [0.05, 0.1) is 4.92 Å². The van der Waals surface area contributed by atoms with Crippen LogP contribution in [0.4, 0.5) is 11.4 Å². The van der Waals surface area contributed by atoms with E-state index in [9.17, 15) is 19.7 Å².